The van der Waals surface area contributed by atoms with Crippen LogP contribution in [-0.4, -0.2) is 73.0 Å². The molecule has 0 unspecified atom stereocenters. The van der Waals surface area contributed by atoms with Crippen LogP contribution in [0.1, 0.15) is 18.1 Å². The molecule has 1 fully saturated rings. The zero-order valence-corrected chi connectivity index (χ0v) is 22.2. The largest absolute Gasteiger partial charge is 0.422 e. The van der Waals surface area contributed by atoms with Crippen molar-refractivity contribution in [3.8, 4) is 17.1 Å². The number of nitrogens with one attached hydrogen (secondary N) is 1. The van der Waals surface area contributed by atoms with Gasteiger partial charge in [0.15, 0.2) is 35.2 Å². The highest BCUT2D eigenvalue weighted by Gasteiger charge is 2.47. The number of H-pyrrole nitrogens is 1. The number of benzene rings is 2. The summed E-state index contributed by atoms with van der Waals surface area (Å²) in [6.45, 7) is 1.77. The number of alkyl halides is 3. The fourth-order valence-corrected chi connectivity index (χ4v) is 4.44. The molecule has 4 rings (SSSR count). The molecule has 0 radical (unpaired) electrons. The van der Waals surface area contributed by atoms with Gasteiger partial charge in [-0.2, -0.15) is 17.9 Å². The third kappa shape index (κ3) is 5.77. The molecule has 1 aliphatic rings. The molecule has 0 bridgehead atoms. The Morgan fingerprint density at radius 3 is 2.02 bits per heavy atom. The van der Waals surface area contributed by atoms with Gasteiger partial charge in [-0.3, -0.25) is 4.98 Å². The molecule has 5 atom stereocenters. The third-order valence-electron chi connectivity index (χ3n) is 6.45. The van der Waals surface area contributed by atoms with Crippen LogP contribution in [0.4, 0.5) is 30.7 Å². The van der Waals surface area contributed by atoms with E-state index in [9.17, 15) is 35.5 Å². The standard InChI is InChI=1S/C25H23F7N4O6/c1-10-19(38-2)20(39-3)21(40-4)23(41-10)42-33-9-11-5-7-12(8-6-11)22-34-24(37)36(35-22)18-16(28)14(26)13(25(30,31)32)15(27)17(18)29/h5-10,19-21,23H,1-4H3,(H,34,35,37)/b33-9+/t10-,19-,20+,21+,23-/m0/s1. The van der Waals surface area contributed by atoms with Gasteiger partial charge in [0.25, 0.3) is 6.29 Å². The number of ether oxygens (including phenoxy) is 4. The number of methoxy groups -OCH3 is 3. The van der Waals surface area contributed by atoms with Gasteiger partial charge in [0.2, 0.25) is 0 Å². The molecule has 0 saturated carbocycles. The van der Waals surface area contributed by atoms with Crippen LogP contribution in [0.15, 0.2) is 34.2 Å². The Balaban J connectivity index is 1.54. The minimum Gasteiger partial charge on any atom is -0.376 e. The van der Waals surface area contributed by atoms with Gasteiger partial charge in [0.05, 0.1) is 12.3 Å². The number of rotatable bonds is 8. The molecule has 0 spiro atoms. The van der Waals surface area contributed by atoms with Crippen molar-refractivity contribution in [2.45, 2.75) is 43.8 Å². The van der Waals surface area contributed by atoms with Crippen molar-refractivity contribution >= 4 is 6.21 Å². The van der Waals surface area contributed by atoms with E-state index in [0.717, 1.165) is 0 Å². The van der Waals surface area contributed by atoms with Gasteiger partial charge in [0.1, 0.15) is 23.5 Å². The lowest BCUT2D eigenvalue weighted by molar-refractivity contribution is -0.305. The lowest BCUT2D eigenvalue weighted by Crippen LogP contribution is -2.59. The molecular weight excluding hydrogens is 585 g/mol. The quantitative estimate of drug-likeness (QED) is 0.179. The van der Waals surface area contributed by atoms with E-state index in [1.165, 1.54) is 51.8 Å². The summed E-state index contributed by atoms with van der Waals surface area (Å²) >= 11 is 0. The van der Waals surface area contributed by atoms with Crippen molar-refractivity contribution in [1.82, 2.24) is 14.8 Å². The van der Waals surface area contributed by atoms with Crippen molar-refractivity contribution in [1.29, 1.82) is 0 Å². The van der Waals surface area contributed by atoms with Crippen molar-refractivity contribution in [3.05, 3.63) is 69.1 Å². The summed E-state index contributed by atoms with van der Waals surface area (Å²) in [4.78, 5) is 19.9. The number of aromatic nitrogens is 3. The second-order valence-electron chi connectivity index (χ2n) is 8.94. The van der Waals surface area contributed by atoms with Gasteiger partial charge in [0, 0.05) is 26.9 Å². The lowest BCUT2D eigenvalue weighted by atomic mass is 9.99. The van der Waals surface area contributed by atoms with E-state index < -0.39 is 77.1 Å². The summed E-state index contributed by atoms with van der Waals surface area (Å²) < 4.78 is 118. The molecule has 3 aromatic rings. The summed E-state index contributed by atoms with van der Waals surface area (Å²) in [5, 5.41) is 7.49. The monoisotopic (exact) mass is 608 g/mol. The summed E-state index contributed by atoms with van der Waals surface area (Å²) in [6.07, 6.45) is -7.38. The molecule has 1 saturated heterocycles. The van der Waals surface area contributed by atoms with Crippen molar-refractivity contribution in [2.75, 3.05) is 21.3 Å². The zero-order valence-electron chi connectivity index (χ0n) is 22.2. The van der Waals surface area contributed by atoms with Gasteiger partial charge in [-0.1, -0.05) is 29.4 Å². The first-order chi connectivity index (χ1) is 19.8. The molecule has 0 aliphatic carbocycles. The topological polar surface area (TPSA) is 109 Å². The van der Waals surface area contributed by atoms with Crippen LogP contribution in [0.3, 0.4) is 0 Å². The number of aromatic amines is 1. The Bertz CT molecular complexity index is 1480. The van der Waals surface area contributed by atoms with Gasteiger partial charge < -0.3 is 23.8 Å². The van der Waals surface area contributed by atoms with Crippen LogP contribution in [0.5, 0.6) is 0 Å². The van der Waals surface area contributed by atoms with Crippen molar-refractivity contribution in [3.63, 3.8) is 0 Å². The third-order valence-corrected chi connectivity index (χ3v) is 6.45. The molecule has 17 heteroatoms. The molecule has 42 heavy (non-hydrogen) atoms. The minimum absolute atomic E-state index is 0.117. The van der Waals surface area contributed by atoms with E-state index >= 15 is 0 Å². The first kappa shape index (κ1) is 31.1. The smallest absolute Gasteiger partial charge is 0.376 e. The van der Waals surface area contributed by atoms with Crippen LogP contribution in [-0.2, 0) is 30.0 Å². The molecule has 0 amide bonds. The maximum Gasteiger partial charge on any atom is 0.422 e. The highest BCUT2D eigenvalue weighted by molar-refractivity contribution is 5.80. The van der Waals surface area contributed by atoms with Crippen molar-refractivity contribution < 1.29 is 54.5 Å². The molecule has 2 heterocycles. The van der Waals surface area contributed by atoms with Gasteiger partial charge in [-0.05, 0) is 12.5 Å². The average Bonchev–Trinajstić information content (AvgIpc) is 3.32. The molecule has 2 aromatic carbocycles. The average molecular weight is 608 g/mol. The molecule has 1 aromatic heterocycles. The van der Waals surface area contributed by atoms with Gasteiger partial charge in [-0.15, -0.1) is 5.10 Å². The lowest BCUT2D eigenvalue weighted by Gasteiger charge is -2.42. The number of oxime groups is 1. The Hall–Kier alpha value is -3.80. The maximum absolute atomic E-state index is 14.4. The first-order valence-corrected chi connectivity index (χ1v) is 12.0. The Kier molecular flexibility index (Phi) is 9.05. The molecule has 1 aliphatic heterocycles. The summed E-state index contributed by atoms with van der Waals surface area (Å²) in [7, 11) is 4.45. The second kappa shape index (κ2) is 12.2. The van der Waals surface area contributed by atoms with E-state index in [-0.39, 0.29) is 16.1 Å². The highest BCUT2D eigenvalue weighted by Crippen LogP contribution is 2.37. The number of hydrogen-bond acceptors (Lipinski definition) is 8. The van der Waals surface area contributed by atoms with Crippen LogP contribution >= 0.6 is 0 Å². The molecular formula is C25H23F7N4O6. The van der Waals surface area contributed by atoms with Gasteiger partial charge in [-0.25, -0.2) is 22.4 Å². The van der Waals surface area contributed by atoms with Crippen molar-refractivity contribution in [2.24, 2.45) is 5.16 Å². The van der Waals surface area contributed by atoms with Crippen LogP contribution in [0.2, 0.25) is 0 Å². The highest BCUT2D eigenvalue weighted by atomic mass is 19.4. The molecule has 228 valence electrons. The Labute approximate surface area is 232 Å². The Morgan fingerprint density at radius 2 is 1.50 bits per heavy atom. The maximum atomic E-state index is 14.4. The SMILES string of the molecule is CO[C@@H]1[C@@H](OC)[C@H](C)O[C@@H](O/N=C/c2ccc(-c3nn(-c4c(F)c(F)c(C(F)(F)F)c(F)c4F)c(=O)[nH]3)cc2)[C@@H]1OC. The minimum atomic E-state index is -5.74. The van der Waals surface area contributed by atoms with E-state index in [1.807, 2.05) is 0 Å². The summed E-state index contributed by atoms with van der Waals surface area (Å²) in [6, 6.07) is 5.75. The van der Waals surface area contributed by atoms with Gasteiger partial charge >= 0.3 is 11.9 Å². The fourth-order valence-electron chi connectivity index (χ4n) is 4.44. The Morgan fingerprint density at radius 1 is 0.929 bits per heavy atom. The zero-order chi connectivity index (χ0) is 30.9. The van der Waals surface area contributed by atoms with Crippen LogP contribution < -0.4 is 5.69 Å². The summed E-state index contributed by atoms with van der Waals surface area (Å²) in [5.74, 6) is -10.7. The molecule has 10 nitrogen and oxygen atoms in total. The number of hydrogen-bond donors (Lipinski definition) is 1. The normalized spacial score (nSPS) is 23.1. The van der Waals surface area contributed by atoms with E-state index in [2.05, 4.69) is 15.2 Å². The predicted octanol–water partition coefficient (Wildman–Crippen LogP) is 3.94. The van der Waals surface area contributed by atoms with Crippen LogP contribution in [0, 0.1) is 23.3 Å². The molecule has 1 N–H and O–H groups in total. The first-order valence-electron chi connectivity index (χ1n) is 12.0. The van der Waals surface area contributed by atoms with E-state index in [0.29, 0.717) is 5.56 Å². The second-order valence-corrected chi connectivity index (χ2v) is 8.94. The van der Waals surface area contributed by atoms with E-state index in [4.69, 9.17) is 23.8 Å². The summed E-state index contributed by atoms with van der Waals surface area (Å²) in [5.41, 5.74) is -5.27. The number of nitrogens with zero attached hydrogens (tertiary/aromatic N) is 3. The fraction of sp³-hybridized carbons (Fsp3) is 0.400. The predicted molar refractivity (Wildman–Crippen MR) is 130 cm³/mol. The van der Waals surface area contributed by atoms with E-state index in [1.54, 1.807) is 6.92 Å². The number of halogens is 7. The van der Waals surface area contributed by atoms with Crippen LogP contribution in [0.25, 0.3) is 17.1 Å².